The van der Waals surface area contributed by atoms with Crippen LogP contribution in [0.1, 0.15) is 63.9 Å². The number of urea groups is 1. The first-order valence-electron chi connectivity index (χ1n) is 9.19. The predicted molar refractivity (Wildman–Crippen MR) is 105 cm³/mol. The number of amides is 2. The number of unbranched alkanes of at least 4 members (excludes halogenated alkanes) is 7. The summed E-state index contributed by atoms with van der Waals surface area (Å²) in [5.41, 5.74) is 0.975. The minimum absolute atomic E-state index is 0.118. The number of ether oxygens (including phenoxy) is 1. The van der Waals surface area contributed by atoms with Gasteiger partial charge in [-0.2, -0.15) is 0 Å². The summed E-state index contributed by atoms with van der Waals surface area (Å²) >= 11 is 1.32. The van der Waals surface area contributed by atoms with Crippen molar-refractivity contribution in [2.75, 3.05) is 13.7 Å². The minimum atomic E-state index is -0.154. The van der Waals surface area contributed by atoms with E-state index in [0.29, 0.717) is 18.0 Å². The van der Waals surface area contributed by atoms with Gasteiger partial charge in [0.15, 0.2) is 11.5 Å². The summed E-state index contributed by atoms with van der Waals surface area (Å²) in [6.07, 6.45) is 10.1. The van der Waals surface area contributed by atoms with E-state index >= 15 is 0 Å². The first kappa shape index (κ1) is 21.5. The summed E-state index contributed by atoms with van der Waals surface area (Å²) < 4.78 is 7.84. The molecule has 1 rings (SSSR count). The smallest absolute Gasteiger partial charge is 0.324 e. The average Bonchev–Trinajstić information content (AvgIpc) is 2.61. The lowest BCUT2D eigenvalue weighted by molar-refractivity contribution is 0.246. The fraction of sp³-hybridized carbons (Fsp3) is 0.632. The summed E-state index contributed by atoms with van der Waals surface area (Å²) in [5.74, 6) is 1.17. The molecule has 0 unspecified atom stereocenters. The standard InChI is InChI=1S/C19H32N2O3S/c1-3-4-5-6-7-8-9-10-13-20-19(23)21-25-15-16-11-12-17(22)18(14-16)24-2/h11-12,14,22H,3-10,13,15H2,1-2H3,(H2,20,21,23). The second kappa shape index (κ2) is 13.7. The fourth-order valence-corrected chi connectivity index (χ4v) is 3.12. The number of hydrogen-bond donors (Lipinski definition) is 3. The monoisotopic (exact) mass is 368 g/mol. The van der Waals surface area contributed by atoms with Crippen LogP contribution in [0.5, 0.6) is 11.5 Å². The molecule has 0 aliphatic carbocycles. The predicted octanol–water partition coefficient (Wildman–Crippen LogP) is 4.99. The molecule has 25 heavy (non-hydrogen) atoms. The van der Waals surface area contributed by atoms with E-state index in [1.165, 1.54) is 64.0 Å². The zero-order valence-electron chi connectivity index (χ0n) is 15.5. The molecule has 1 aromatic rings. The molecule has 2 amide bonds. The van der Waals surface area contributed by atoms with E-state index in [-0.39, 0.29) is 11.8 Å². The molecule has 142 valence electrons. The Morgan fingerprint density at radius 3 is 2.48 bits per heavy atom. The summed E-state index contributed by atoms with van der Waals surface area (Å²) in [4.78, 5) is 11.7. The van der Waals surface area contributed by atoms with Crippen molar-refractivity contribution in [2.45, 2.75) is 64.0 Å². The van der Waals surface area contributed by atoms with Crippen LogP contribution in [-0.2, 0) is 5.75 Å². The van der Waals surface area contributed by atoms with Crippen LogP contribution in [-0.4, -0.2) is 24.8 Å². The number of carbonyl (C=O) groups excluding carboxylic acids is 1. The second-order valence-electron chi connectivity index (χ2n) is 6.13. The molecule has 3 N–H and O–H groups in total. The Hall–Kier alpha value is -1.56. The summed E-state index contributed by atoms with van der Waals surface area (Å²) in [6, 6.07) is 5.02. The maximum atomic E-state index is 11.7. The Morgan fingerprint density at radius 1 is 1.12 bits per heavy atom. The fourth-order valence-electron chi connectivity index (χ4n) is 2.49. The van der Waals surface area contributed by atoms with Gasteiger partial charge in [0, 0.05) is 12.3 Å². The molecule has 0 saturated heterocycles. The lowest BCUT2D eigenvalue weighted by Crippen LogP contribution is -2.32. The van der Waals surface area contributed by atoms with Crippen LogP contribution in [0.4, 0.5) is 4.79 Å². The molecule has 0 fully saturated rings. The third-order valence-electron chi connectivity index (χ3n) is 3.96. The molecule has 0 aliphatic heterocycles. The Labute approximate surface area is 156 Å². The molecule has 0 radical (unpaired) electrons. The zero-order valence-corrected chi connectivity index (χ0v) is 16.3. The van der Waals surface area contributed by atoms with Crippen LogP contribution >= 0.6 is 11.9 Å². The Balaban J connectivity index is 2.02. The van der Waals surface area contributed by atoms with E-state index in [2.05, 4.69) is 17.0 Å². The van der Waals surface area contributed by atoms with Gasteiger partial charge >= 0.3 is 6.03 Å². The molecule has 6 heteroatoms. The van der Waals surface area contributed by atoms with Gasteiger partial charge in [0.25, 0.3) is 0 Å². The van der Waals surface area contributed by atoms with Crippen LogP contribution in [0, 0.1) is 0 Å². The van der Waals surface area contributed by atoms with E-state index in [1.807, 2.05) is 6.07 Å². The van der Waals surface area contributed by atoms with Gasteiger partial charge in [0.05, 0.1) is 7.11 Å². The molecule has 0 saturated carbocycles. The van der Waals surface area contributed by atoms with Gasteiger partial charge in [0.2, 0.25) is 0 Å². The van der Waals surface area contributed by atoms with Gasteiger partial charge in [-0.25, -0.2) is 4.79 Å². The van der Waals surface area contributed by atoms with Gasteiger partial charge in [-0.15, -0.1) is 0 Å². The number of aromatic hydroxyl groups is 1. The van der Waals surface area contributed by atoms with Crippen LogP contribution in [0.25, 0.3) is 0 Å². The van der Waals surface area contributed by atoms with E-state index < -0.39 is 0 Å². The number of benzene rings is 1. The van der Waals surface area contributed by atoms with Crippen molar-refractivity contribution in [2.24, 2.45) is 0 Å². The lowest BCUT2D eigenvalue weighted by Gasteiger charge is -2.08. The number of nitrogens with one attached hydrogen (secondary N) is 2. The zero-order chi connectivity index (χ0) is 18.3. The molecule has 0 aromatic heterocycles. The highest BCUT2D eigenvalue weighted by Gasteiger charge is 2.04. The van der Waals surface area contributed by atoms with Crippen molar-refractivity contribution in [1.82, 2.24) is 10.0 Å². The van der Waals surface area contributed by atoms with E-state index in [0.717, 1.165) is 12.0 Å². The number of methoxy groups -OCH3 is 1. The Morgan fingerprint density at radius 2 is 1.80 bits per heavy atom. The van der Waals surface area contributed by atoms with Crippen molar-refractivity contribution in [1.29, 1.82) is 0 Å². The molecule has 0 bridgehead atoms. The third-order valence-corrected chi connectivity index (χ3v) is 4.77. The summed E-state index contributed by atoms with van der Waals surface area (Å²) in [6.45, 7) is 2.95. The van der Waals surface area contributed by atoms with Crippen molar-refractivity contribution in [3.63, 3.8) is 0 Å². The Bertz CT molecular complexity index is 498. The normalized spacial score (nSPS) is 10.5. The van der Waals surface area contributed by atoms with E-state index in [9.17, 15) is 9.90 Å². The lowest BCUT2D eigenvalue weighted by atomic mass is 10.1. The van der Waals surface area contributed by atoms with Crippen LogP contribution < -0.4 is 14.8 Å². The van der Waals surface area contributed by atoms with Crippen LogP contribution in [0.15, 0.2) is 18.2 Å². The van der Waals surface area contributed by atoms with Crippen molar-refractivity contribution >= 4 is 18.0 Å². The first-order chi connectivity index (χ1) is 12.2. The van der Waals surface area contributed by atoms with E-state index in [4.69, 9.17) is 4.74 Å². The first-order valence-corrected chi connectivity index (χ1v) is 10.2. The van der Waals surface area contributed by atoms with E-state index in [1.54, 1.807) is 12.1 Å². The maximum Gasteiger partial charge on any atom is 0.324 e. The number of phenols is 1. The number of rotatable bonds is 13. The van der Waals surface area contributed by atoms with Gasteiger partial charge in [0.1, 0.15) is 0 Å². The minimum Gasteiger partial charge on any atom is -0.504 e. The summed E-state index contributed by atoms with van der Waals surface area (Å²) in [5, 5.41) is 12.4. The molecule has 1 aromatic carbocycles. The molecule has 5 nitrogen and oxygen atoms in total. The summed E-state index contributed by atoms with van der Waals surface area (Å²) in [7, 11) is 1.52. The quantitative estimate of drug-likeness (QED) is 0.339. The second-order valence-corrected chi connectivity index (χ2v) is 6.91. The van der Waals surface area contributed by atoms with Crippen molar-refractivity contribution < 1.29 is 14.6 Å². The third kappa shape index (κ3) is 10.1. The molecule has 0 heterocycles. The number of carbonyl (C=O) groups is 1. The largest absolute Gasteiger partial charge is 0.504 e. The van der Waals surface area contributed by atoms with Crippen LogP contribution in [0.2, 0.25) is 0 Å². The molecule has 0 atom stereocenters. The SMILES string of the molecule is CCCCCCCCCCNC(=O)NSCc1ccc(O)c(OC)c1. The highest BCUT2D eigenvalue weighted by atomic mass is 32.2. The number of hydrogen-bond acceptors (Lipinski definition) is 4. The molecular formula is C19H32N2O3S. The Kier molecular flexibility index (Phi) is 11.8. The van der Waals surface area contributed by atoms with Gasteiger partial charge in [-0.3, -0.25) is 4.72 Å². The van der Waals surface area contributed by atoms with Crippen LogP contribution in [0.3, 0.4) is 0 Å². The van der Waals surface area contributed by atoms with Gasteiger partial charge in [-0.1, -0.05) is 57.9 Å². The topological polar surface area (TPSA) is 70.6 Å². The number of phenolic OH excluding ortho intramolecular Hbond substituents is 1. The van der Waals surface area contributed by atoms with Crippen molar-refractivity contribution in [3.8, 4) is 11.5 Å². The molecular weight excluding hydrogens is 336 g/mol. The van der Waals surface area contributed by atoms with Crippen molar-refractivity contribution in [3.05, 3.63) is 23.8 Å². The highest BCUT2D eigenvalue weighted by Crippen LogP contribution is 2.27. The van der Waals surface area contributed by atoms with Gasteiger partial charge in [-0.05, 0) is 36.1 Å². The highest BCUT2D eigenvalue weighted by molar-refractivity contribution is 7.97. The van der Waals surface area contributed by atoms with Gasteiger partial charge < -0.3 is 15.2 Å². The maximum absolute atomic E-state index is 11.7. The molecule has 0 aliphatic rings. The molecule has 0 spiro atoms. The average molecular weight is 369 g/mol.